The van der Waals surface area contributed by atoms with E-state index in [4.69, 9.17) is 0 Å². The number of rotatable bonds is 4. The maximum absolute atomic E-state index is 2.71. The third kappa shape index (κ3) is 3.33. The molecule has 2 aliphatic heterocycles. The molecule has 3 rings (SSSR count). The predicted octanol–water partition coefficient (Wildman–Crippen LogP) is 3.08. The second-order valence-electron chi connectivity index (χ2n) is 5.77. The molecule has 0 radical (unpaired) electrons. The zero-order valence-electron chi connectivity index (χ0n) is 11.8. The second-order valence-corrected chi connectivity index (χ2v) is 6.65. The van der Waals surface area contributed by atoms with E-state index >= 15 is 0 Å². The molecule has 2 saturated heterocycles. The minimum Gasteiger partial charge on any atom is -0.299 e. The highest BCUT2D eigenvalue weighted by Crippen LogP contribution is 2.22. The molecule has 3 heteroatoms. The Balaban J connectivity index is 1.53. The SMILES string of the molecule is CSc1ccc(CN2CCC(N3CCCC3)C2)cc1. The maximum Gasteiger partial charge on any atom is 0.0235 e. The van der Waals surface area contributed by atoms with E-state index < -0.39 is 0 Å². The molecule has 0 bridgehead atoms. The molecule has 1 atom stereocenters. The molecule has 2 heterocycles. The van der Waals surface area contributed by atoms with Gasteiger partial charge < -0.3 is 0 Å². The van der Waals surface area contributed by atoms with Crippen LogP contribution in [0.2, 0.25) is 0 Å². The van der Waals surface area contributed by atoms with Gasteiger partial charge in [-0.3, -0.25) is 9.80 Å². The number of thioether (sulfide) groups is 1. The Morgan fingerprint density at radius 1 is 1.11 bits per heavy atom. The third-order valence-electron chi connectivity index (χ3n) is 4.47. The largest absolute Gasteiger partial charge is 0.299 e. The fourth-order valence-electron chi connectivity index (χ4n) is 3.35. The lowest BCUT2D eigenvalue weighted by Crippen LogP contribution is -2.35. The molecular formula is C16H24N2S. The van der Waals surface area contributed by atoms with Gasteiger partial charge in [0.1, 0.15) is 0 Å². The first-order valence-corrected chi connectivity index (χ1v) is 8.67. The molecule has 2 fully saturated rings. The van der Waals surface area contributed by atoms with Gasteiger partial charge in [0.05, 0.1) is 0 Å². The van der Waals surface area contributed by atoms with Crippen LogP contribution in [-0.4, -0.2) is 48.3 Å². The Kier molecular flexibility index (Phi) is 4.46. The third-order valence-corrected chi connectivity index (χ3v) is 5.21. The van der Waals surface area contributed by atoms with Gasteiger partial charge in [0.2, 0.25) is 0 Å². The summed E-state index contributed by atoms with van der Waals surface area (Å²) in [5.74, 6) is 0. The van der Waals surface area contributed by atoms with Crippen LogP contribution in [-0.2, 0) is 6.54 Å². The maximum atomic E-state index is 2.71. The van der Waals surface area contributed by atoms with Gasteiger partial charge >= 0.3 is 0 Å². The standard InChI is InChI=1S/C16H24N2S/c1-19-16-6-4-14(5-7-16)12-17-11-8-15(13-17)18-9-2-3-10-18/h4-7,15H,2-3,8-13H2,1H3. The molecule has 2 aliphatic rings. The molecule has 0 aromatic heterocycles. The van der Waals surface area contributed by atoms with Gasteiger partial charge in [-0.15, -0.1) is 11.8 Å². The van der Waals surface area contributed by atoms with E-state index in [0.717, 1.165) is 12.6 Å². The molecular weight excluding hydrogens is 252 g/mol. The molecule has 0 amide bonds. The van der Waals surface area contributed by atoms with Crippen LogP contribution >= 0.6 is 11.8 Å². The Hall–Kier alpha value is -0.510. The van der Waals surface area contributed by atoms with Crippen LogP contribution in [0.5, 0.6) is 0 Å². The van der Waals surface area contributed by atoms with Gasteiger partial charge in [0.25, 0.3) is 0 Å². The zero-order valence-corrected chi connectivity index (χ0v) is 12.7. The van der Waals surface area contributed by atoms with Crippen molar-refractivity contribution in [2.45, 2.75) is 36.7 Å². The minimum atomic E-state index is 0.827. The summed E-state index contributed by atoms with van der Waals surface area (Å²) in [5, 5.41) is 0. The molecule has 2 nitrogen and oxygen atoms in total. The summed E-state index contributed by atoms with van der Waals surface area (Å²) in [4.78, 5) is 6.69. The average molecular weight is 276 g/mol. The summed E-state index contributed by atoms with van der Waals surface area (Å²) in [5.41, 5.74) is 1.46. The number of nitrogens with zero attached hydrogens (tertiary/aromatic N) is 2. The molecule has 0 N–H and O–H groups in total. The number of likely N-dealkylation sites (tertiary alicyclic amines) is 2. The summed E-state index contributed by atoms with van der Waals surface area (Å²) in [6, 6.07) is 9.89. The predicted molar refractivity (Wildman–Crippen MR) is 82.7 cm³/mol. The lowest BCUT2D eigenvalue weighted by molar-refractivity contribution is 0.230. The molecule has 1 aromatic rings. The average Bonchev–Trinajstić information content (AvgIpc) is 3.10. The van der Waals surface area contributed by atoms with E-state index in [1.54, 1.807) is 0 Å². The second kappa shape index (κ2) is 6.29. The molecule has 0 spiro atoms. The Bertz CT molecular complexity index is 398. The minimum absolute atomic E-state index is 0.827. The molecule has 19 heavy (non-hydrogen) atoms. The lowest BCUT2D eigenvalue weighted by atomic mass is 10.2. The van der Waals surface area contributed by atoms with Crippen LogP contribution in [0, 0.1) is 0 Å². The molecule has 104 valence electrons. The van der Waals surface area contributed by atoms with Crippen molar-refractivity contribution < 1.29 is 0 Å². The van der Waals surface area contributed by atoms with Gasteiger partial charge in [0, 0.05) is 30.6 Å². The van der Waals surface area contributed by atoms with E-state index in [9.17, 15) is 0 Å². The van der Waals surface area contributed by atoms with Crippen LogP contribution in [0.3, 0.4) is 0 Å². The Morgan fingerprint density at radius 3 is 2.53 bits per heavy atom. The fraction of sp³-hybridized carbons (Fsp3) is 0.625. The van der Waals surface area contributed by atoms with Crippen LogP contribution in [0.1, 0.15) is 24.8 Å². The van der Waals surface area contributed by atoms with Crippen molar-refractivity contribution in [2.24, 2.45) is 0 Å². The molecule has 0 saturated carbocycles. The monoisotopic (exact) mass is 276 g/mol. The van der Waals surface area contributed by atoms with Gasteiger partial charge in [-0.1, -0.05) is 12.1 Å². The van der Waals surface area contributed by atoms with E-state index in [-0.39, 0.29) is 0 Å². The van der Waals surface area contributed by atoms with Crippen molar-refractivity contribution in [3.63, 3.8) is 0 Å². The quantitative estimate of drug-likeness (QED) is 0.780. The first-order valence-electron chi connectivity index (χ1n) is 7.44. The van der Waals surface area contributed by atoms with Crippen LogP contribution in [0.15, 0.2) is 29.2 Å². The van der Waals surface area contributed by atoms with Crippen molar-refractivity contribution in [2.75, 3.05) is 32.4 Å². The van der Waals surface area contributed by atoms with Crippen molar-refractivity contribution in [1.29, 1.82) is 0 Å². The van der Waals surface area contributed by atoms with Crippen LogP contribution in [0.25, 0.3) is 0 Å². The topological polar surface area (TPSA) is 6.48 Å². The van der Waals surface area contributed by atoms with Crippen molar-refractivity contribution in [3.8, 4) is 0 Å². The number of hydrogen-bond acceptors (Lipinski definition) is 3. The summed E-state index contributed by atoms with van der Waals surface area (Å²) in [6.45, 7) is 6.33. The highest BCUT2D eigenvalue weighted by Gasteiger charge is 2.28. The molecule has 1 unspecified atom stereocenters. The fourth-order valence-corrected chi connectivity index (χ4v) is 3.76. The van der Waals surface area contributed by atoms with Crippen LogP contribution in [0.4, 0.5) is 0 Å². The zero-order chi connectivity index (χ0) is 13.1. The summed E-state index contributed by atoms with van der Waals surface area (Å²) in [6.07, 6.45) is 6.32. The highest BCUT2D eigenvalue weighted by molar-refractivity contribution is 7.98. The Morgan fingerprint density at radius 2 is 1.84 bits per heavy atom. The molecule has 0 aliphatic carbocycles. The van der Waals surface area contributed by atoms with Crippen LogP contribution < -0.4 is 0 Å². The van der Waals surface area contributed by atoms with E-state index in [0.29, 0.717) is 0 Å². The molecule has 1 aromatic carbocycles. The van der Waals surface area contributed by atoms with E-state index in [2.05, 4.69) is 40.3 Å². The van der Waals surface area contributed by atoms with Gasteiger partial charge in [-0.2, -0.15) is 0 Å². The van der Waals surface area contributed by atoms with E-state index in [1.807, 2.05) is 11.8 Å². The normalized spacial score (nSPS) is 25.2. The number of benzene rings is 1. The van der Waals surface area contributed by atoms with Gasteiger partial charge in [-0.25, -0.2) is 0 Å². The van der Waals surface area contributed by atoms with Crippen molar-refractivity contribution in [3.05, 3.63) is 29.8 Å². The van der Waals surface area contributed by atoms with Gasteiger partial charge in [-0.05, 0) is 56.3 Å². The van der Waals surface area contributed by atoms with Gasteiger partial charge in [0.15, 0.2) is 0 Å². The first-order chi connectivity index (χ1) is 9.35. The van der Waals surface area contributed by atoms with E-state index in [1.165, 1.54) is 55.9 Å². The highest BCUT2D eigenvalue weighted by atomic mass is 32.2. The lowest BCUT2D eigenvalue weighted by Gasteiger charge is -2.23. The summed E-state index contributed by atoms with van der Waals surface area (Å²) < 4.78 is 0. The van der Waals surface area contributed by atoms with Crippen molar-refractivity contribution >= 4 is 11.8 Å². The number of hydrogen-bond donors (Lipinski definition) is 0. The first kappa shape index (κ1) is 13.5. The van der Waals surface area contributed by atoms with Crippen molar-refractivity contribution in [1.82, 2.24) is 9.80 Å². The summed E-state index contributed by atoms with van der Waals surface area (Å²) in [7, 11) is 0. The summed E-state index contributed by atoms with van der Waals surface area (Å²) >= 11 is 1.82. The Labute approximate surface area is 121 Å². The smallest absolute Gasteiger partial charge is 0.0235 e.